The first-order chi connectivity index (χ1) is 26.0. The molecule has 5 heterocycles. The number of sulfonamides is 1. The van der Waals surface area contributed by atoms with E-state index in [1.54, 1.807) is 48.9 Å². The van der Waals surface area contributed by atoms with Crippen molar-refractivity contribution in [1.82, 2.24) is 19.4 Å². The molecule has 0 unspecified atom stereocenters. The molecule has 54 heavy (non-hydrogen) atoms. The number of aryl methyl sites for hydroxylation is 1. The van der Waals surface area contributed by atoms with Crippen LogP contribution in [0.1, 0.15) is 46.7 Å². The highest BCUT2D eigenvalue weighted by Crippen LogP contribution is 2.40. The molecule has 0 amide bonds. The van der Waals surface area contributed by atoms with Crippen LogP contribution in [0.2, 0.25) is 0 Å². The van der Waals surface area contributed by atoms with E-state index in [1.165, 1.54) is 0 Å². The van der Waals surface area contributed by atoms with Crippen LogP contribution in [0.25, 0.3) is 22.3 Å². The van der Waals surface area contributed by atoms with Crippen molar-refractivity contribution in [1.29, 1.82) is 0 Å². The molecule has 8 rings (SSSR count). The van der Waals surface area contributed by atoms with E-state index in [-0.39, 0.29) is 34.6 Å². The molecule has 2 aromatic heterocycles. The smallest absolute Gasteiger partial charge is 0.343 e. The zero-order valence-electron chi connectivity index (χ0n) is 30.4. The molecular formula is C41H41N5O7S. The summed E-state index contributed by atoms with van der Waals surface area (Å²) in [5.74, 6) is 0.438. The van der Waals surface area contributed by atoms with E-state index < -0.39 is 21.6 Å². The first-order valence-corrected chi connectivity index (χ1v) is 19.5. The van der Waals surface area contributed by atoms with Gasteiger partial charge in [0.25, 0.3) is 15.6 Å². The van der Waals surface area contributed by atoms with Gasteiger partial charge in [-0.05, 0) is 60.9 Å². The van der Waals surface area contributed by atoms with Gasteiger partial charge in [0.05, 0.1) is 41.0 Å². The zero-order chi connectivity index (χ0) is 37.8. The summed E-state index contributed by atoms with van der Waals surface area (Å²) in [6.45, 7) is 6.69. The number of aromatic nitrogens is 2. The van der Waals surface area contributed by atoms with Gasteiger partial charge in [0, 0.05) is 55.7 Å². The van der Waals surface area contributed by atoms with E-state index in [4.69, 9.17) is 14.5 Å². The number of methoxy groups -OCH3 is 1. The molecule has 13 heteroatoms. The largest absolute Gasteiger partial charge is 0.497 e. The minimum absolute atomic E-state index is 0.0708. The number of nitrogens with zero attached hydrogens (tertiary/aromatic N) is 5. The fourth-order valence-electron chi connectivity index (χ4n) is 7.71. The van der Waals surface area contributed by atoms with Gasteiger partial charge in [0.2, 0.25) is 0 Å². The maximum Gasteiger partial charge on any atom is 0.343 e. The van der Waals surface area contributed by atoms with Gasteiger partial charge in [0.1, 0.15) is 18.2 Å². The molecule has 3 aliphatic heterocycles. The average Bonchev–Trinajstić information content (AvgIpc) is 3.55. The van der Waals surface area contributed by atoms with Gasteiger partial charge in [-0.3, -0.25) is 9.69 Å². The number of aliphatic hydroxyl groups is 1. The summed E-state index contributed by atoms with van der Waals surface area (Å²) in [6.07, 6.45) is 0.403. The number of piperazine rings is 1. The Balaban J connectivity index is 1.10. The number of para-hydroxylation sites is 1. The second-order valence-electron chi connectivity index (χ2n) is 14.1. The van der Waals surface area contributed by atoms with E-state index in [0.717, 1.165) is 33.2 Å². The Labute approximate surface area is 313 Å². The summed E-state index contributed by atoms with van der Waals surface area (Å²) in [7, 11) is -2.36. The summed E-state index contributed by atoms with van der Waals surface area (Å²) in [6, 6.07) is 23.9. The van der Waals surface area contributed by atoms with Gasteiger partial charge in [-0.2, -0.15) is 8.42 Å². The van der Waals surface area contributed by atoms with E-state index in [0.29, 0.717) is 68.7 Å². The number of carbonyl (C=O) groups excluding carboxylic acids is 1. The molecule has 278 valence electrons. The molecule has 1 N–H and O–H groups in total. The van der Waals surface area contributed by atoms with Crippen molar-refractivity contribution in [2.24, 2.45) is 4.40 Å². The van der Waals surface area contributed by atoms with Crippen molar-refractivity contribution in [2.75, 3.05) is 33.3 Å². The average molecular weight is 748 g/mol. The van der Waals surface area contributed by atoms with Crippen LogP contribution in [0.5, 0.6) is 5.75 Å². The monoisotopic (exact) mass is 747 g/mol. The lowest BCUT2D eigenvalue weighted by molar-refractivity contribution is -0.172. The fourth-order valence-corrected chi connectivity index (χ4v) is 8.75. The van der Waals surface area contributed by atoms with E-state index >= 15 is 0 Å². The van der Waals surface area contributed by atoms with E-state index in [1.807, 2.05) is 55.5 Å². The van der Waals surface area contributed by atoms with Crippen molar-refractivity contribution >= 4 is 32.7 Å². The van der Waals surface area contributed by atoms with Crippen molar-refractivity contribution in [3.05, 3.63) is 123 Å². The number of esters is 1. The molecule has 1 saturated heterocycles. The van der Waals surface area contributed by atoms with Crippen LogP contribution in [-0.4, -0.2) is 78.0 Å². The van der Waals surface area contributed by atoms with Crippen LogP contribution in [0.3, 0.4) is 0 Å². The molecule has 3 aliphatic rings. The Hall–Kier alpha value is -5.37. The molecule has 5 aromatic rings. The standard InChI is InChI=1S/C41H41N5O7S/c1-4-41(49)34-22-36-38-32(24-46(36)39(47)33(34)25-53-40(41)48)31(30-7-5-6-8-35(30)42-38)23-44-17-19-45(20-18-44)37(21-27-11-13-28(52-3)14-12-27)43-54(50,51)29-15-9-26(2)10-16-29/h5-16,22,49H,4,17-21,23-25H2,1-3H3/b43-37-/t41-/m0/s1. The Bertz CT molecular complexity index is 2490. The molecule has 0 spiro atoms. The summed E-state index contributed by atoms with van der Waals surface area (Å²) < 4.78 is 43.9. The number of hydrogen-bond donors (Lipinski definition) is 1. The fraction of sp³-hybridized carbons (Fsp3) is 0.317. The molecule has 1 atom stereocenters. The molecule has 1 fully saturated rings. The lowest BCUT2D eigenvalue weighted by Gasteiger charge is -2.37. The minimum atomic E-state index is -3.97. The molecule has 0 saturated carbocycles. The van der Waals surface area contributed by atoms with Gasteiger partial charge >= 0.3 is 5.97 Å². The van der Waals surface area contributed by atoms with Crippen molar-refractivity contribution in [2.45, 2.75) is 56.9 Å². The van der Waals surface area contributed by atoms with Crippen LogP contribution in [0.15, 0.2) is 93.0 Å². The molecule has 0 radical (unpaired) electrons. The molecule has 0 aliphatic carbocycles. The molecule has 0 bridgehead atoms. The Kier molecular flexibility index (Phi) is 9.11. The van der Waals surface area contributed by atoms with Gasteiger partial charge in [0.15, 0.2) is 5.60 Å². The van der Waals surface area contributed by atoms with Crippen LogP contribution < -0.4 is 10.3 Å². The number of ether oxygens (including phenoxy) is 2. The van der Waals surface area contributed by atoms with Crippen LogP contribution in [-0.2, 0) is 51.3 Å². The normalized spacial score (nSPS) is 18.6. The Morgan fingerprint density at radius 1 is 0.981 bits per heavy atom. The molecule has 12 nitrogen and oxygen atoms in total. The quantitative estimate of drug-likeness (QED) is 0.134. The number of benzene rings is 3. The lowest BCUT2D eigenvalue weighted by atomic mass is 9.86. The van der Waals surface area contributed by atoms with E-state index in [2.05, 4.69) is 14.2 Å². The third-order valence-corrected chi connectivity index (χ3v) is 12.2. The summed E-state index contributed by atoms with van der Waals surface area (Å²) in [5, 5.41) is 12.3. The third kappa shape index (κ3) is 6.25. The summed E-state index contributed by atoms with van der Waals surface area (Å²) >= 11 is 0. The number of hydrogen-bond acceptors (Lipinski definition) is 9. The van der Waals surface area contributed by atoms with Gasteiger partial charge in [-0.25, -0.2) is 9.78 Å². The summed E-state index contributed by atoms with van der Waals surface area (Å²) in [5.41, 5.74) is 4.24. The third-order valence-electron chi connectivity index (χ3n) is 10.9. The highest BCUT2D eigenvalue weighted by Gasteiger charge is 2.45. The Morgan fingerprint density at radius 3 is 2.41 bits per heavy atom. The van der Waals surface area contributed by atoms with Crippen LogP contribution >= 0.6 is 0 Å². The highest BCUT2D eigenvalue weighted by atomic mass is 32.2. The molecular weight excluding hydrogens is 707 g/mol. The lowest BCUT2D eigenvalue weighted by Crippen LogP contribution is -2.49. The number of carbonyl (C=O) groups is 1. The number of cyclic esters (lactones) is 1. The topological polar surface area (TPSA) is 144 Å². The maximum absolute atomic E-state index is 13.9. The first-order valence-electron chi connectivity index (χ1n) is 18.1. The van der Waals surface area contributed by atoms with Gasteiger partial charge < -0.3 is 24.0 Å². The van der Waals surface area contributed by atoms with Gasteiger partial charge in [-0.1, -0.05) is 55.0 Å². The maximum atomic E-state index is 13.9. The van der Waals surface area contributed by atoms with Crippen LogP contribution in [0, 0.1) is 6.92 Å². The number of rotatable bonds is 8. The van der Waals surface area contributed by atoms with Crippen LogP contribution in [0.4, 0.5) is 0 Å². The van der Waals surface area contributed by atoms with E-state index in [9.17, 15) is 23.1 Å². The number of amidine groups is 1. The first kappa shape index (κ1) is 35.6. The number of pyridine rings is 2. The van der Waals surface area contributed by atoms with Crippen molar-refractivity contribution in [3.8, 4) is 17.1 Å². The zero-order valence-corrected chi connectivity index (χ0v) is 31.2. The SMILES string of the molecule is CC[C@@]1(O)C(=O)OCc2c1cc1n(c2=O)Cc2c-1nc1ccccc1c2CN1CCN(/C(Cc2ccc(OC)cc2)=N\S(=O)(=O)c2ccc(C)cc2)CC1. The Morgan fingerprint density at radius 2 is 1.70 bits per heavy atom. The van der Waals surface area contributed by atoms with Gasteiger partial charge in [-0.15, -0.1) is 4.40 Å². The number of fused-ring (bicyclic) bond motifs is 5. The molecule has 3 aromatic carbocycles. The summed E-state index contributed by atoms with van der Waals surface area (Å²) in [4.78, 5) is 36.2. The second-order valence-corrected chi connectivity index (χ2v) is 15.7. The second kappa shape index (κ2) is 13.8. The predicted octanol–water partition coefficient (Wildman–Crippen LogP) is 4.54. The van der Waals surface area contributed by atoms with Crippen molar-refractivity contribution in [3.63, 3.8) is 0 Å². The minimum Gasteiger partial charge on any atom is -0.497 e. The highest BCUT2D eigenvalue weighted by molar-refractivity contribution is 7.90. The van der Waals surface area contributed by atoms with Crippen molar-refractivity contribution < 1.29 is 27.8 Å². The predicted molar refractivity (Wildman–Crippen MR) is 204 cm³/mol.